The first-order valence-electron chi connectivity index (χ1n) is 7.99. The Hall–Kier alpha value is -2.27. The Bertz CT molecular complexity index is 842. The number of fused-ring (bicyclic) bond motifs is 1. The van der Waals surface area contributed by atoms with Crippen LogP contribution in [0, 0.1) is 5.82 Å². The molecular weight excluding hydrogens is 291 g/mol. The minimum atomic E-state index is -0.184. The summed E-state index contributed by atoms with van der Waals surface area (Å²) in [7, 11) is 2.12. The lowest BCUT2D eigenvalue weighted by Gasteiger charge is -2.20. The van der Waals surface area contributed by atoms with E-state index in [1.54, 1.807) is 12.3 Å². The first-order chi connectivity index (χ1) is 11.2. The molecule has 1 unspecified atom stereocenters. The van der Waals surface area contributed by atoms with E-state index < -0.39 is 0 Å². The van der Waals surface area contributed by atoms with Gasteiger partial charge in [0.05, 0.1) is 12.6 Å². The van der Waals surface area contributed by atoms with Gasteiger partial charge in [-0.05, 0) is 44.6 Å². The second kappa shape index (κ2) is 5.74. The monoisotopic (exact) mass is 310 g/mol. The molecule has 3 heterocycles. The van der Waals surface area contributed by atoms with E-state index >= 15 is 0 Å². The second-order valence-corrected chi connectivity index (χ2v) is 6.13. The highest BCUT2D eigenvalue weighted by molar-refractivity contribution is 5.71. The van der Waals surface area contributed by atoms with Crippen LogP contribution in [0.15, 0.2) is 42.6 Å². The molecule has 1 atom stereocenters. The number of imidazole rings is 1. The van der Waals surface area contributed by atoms with E-state index in [9.17, 15) is 4.39 Å². The summed E-state index contributed by atoms with van der Waals surface area (Å²) < 4.78 is 16.2. The van der Waals surface area contributed by atoms with Crippen LogP contribution in [0.4, 0.5) is 4.39 Å². The molecule has 118 valence electrons. The third kappa shape index (κ3) is 2.51. The van der Waals surface area contributed by atoms with Crippen molar-refractivity contribution in [2.24, 2.45) is 0 Å². The molecule has 0 saturated carbocycles. The van der Waals surface area contributed by atoms with Gasteiger partial charge < -0.3 is 4.57 Å². The van der Waals surface area contributed by atoms with Gasteiger partial charge in [-0.25, -0.2) is 14.4 Å². The molecule has 4 nitrogen and oxygen atoms in total. The van der Waals surface area contributed by atoms with Gasteiger partial charge in [0.25, 0.3) is 0 Å². The van der Waals surface area contributed by atoms with E-state index in [1.807, 2.05) is 24.3 Å². The van der Waals surface area contributed by atoms with Crippen molar-refractivity contribution >= 4 is 11.2 Å². The molecule has 0 radical (unpaired) electrons. The van der Waals surface area contributed by atoms with Crippen LogP contribution in [-0.2, 0) is 6.54 Å². The number of rotatable bonds is 3. The molecule has 3 aromatic rings. The number of halogens is 1. The zero-order valence-electron chi connectivity index (χ0n) is 13.1. The molecule has 0 bridgehead atoms. The molecule has 0 aliphatic carbocycles. The zero-order valence-corrected chi connectivity index (χ0v) is 13.1. The molecule has 1 saturated heterocycles. The van der Waals surface area contributed by atoms with Crippen LogP contribution in [0.1, 0.15) is 30.3 Å². The van der Waals surface area contributed by atoms with Crippen LogP contribution in [0.25, 0.3) is 11.2 Å². The summed E-state index contributed by atoms with van der Waals surface area (Å²) in [4.78, 5) is 11.6. The number of hydrogen-bond acceptors (Lipinski definition) is 3. The number of pyridine rings is 1. The average molecular weight is 310 g/mol. The molecule has 0 N–H and O–H groups in total. The smallest absolute Gasteiger partial charge is 0.160 e. The van der Waals surface area contributed by atoms with Gasteiger partial charge in [0, 0.05) is 11.8 Å². The highest BCUT2D eigenvalue weighted by atomic mass is 19.1. The zero-order chi connectivity index (χ0) is 15.8. The van der Waals surface area contributed by atoms with Crippen LogP contribution in [0.3, 0.4) is 0 Å². The summed E-state index contributed by atoms with van der Waals surface area (Å²) in [5.41, 5.74) is 2.37. The predicted molar refractivity (Wildman–Crippen MR) is 87.6 cm³/mol. The Morgan fingerprint density at radius 2 is 2.09 bits per heavy atom. The number of nitrogens with zero attached hydrogens (tertiary/aromatic N) is 4. The van der Waals surface area contributed by atoms with Gasteiger partial charge in [-0.2, -0.15) is 0 Å². The highest BCUT2D eigenvalue weighted by Gasteiger charge is 2.28. The Kier molecular flexibility index (Phi) is 3.58. The van der Waals surface area contributed by atoms with E-state index in [0.717, 1.165) is 36.4 Å². The van der Waals surface area contributed by atoms with Crippen molar-refractivity contribution in [1.29, 1.82) is 0 Å². The van der Waals surface area contributed by atoms with Crippen LogP contribution in [0.2, 0.25) is 0 Å². The molecule has 0 spiro atoms. The quantitative estimate of drug-likeness (QED) is 0.743. The van der Waals surface area contributed by atoms with Crippen molar-refractivity contribution in [2.45, 2.75) is 25.4 Å². The van der Waals surface area contributed by atoms with Gasteiger partial charge in [-0.15, -0.1) is 0 Å². The minimum Gasteiger partial charge on any atom is -0.307 e. The molecule has 1 fully saturated rings. The fraction of sp³-hybridized carbons (Fsp3) is 0.333. The van der Waals surface area contributed by atoms with Crippen molar-refractivity contribution in [3.8, 4) is 0 Å². The SMILES string of the molecule is CN1CCCC1c1nc2cccnc2n1Cc1ccccc1F. The van der Waals surface area contributed by atoms with E-state index in [2.05, 4.69) is 21.5 Å². The fourth-order valence-electron chi connectivity index (χ4n) is 3.42. The summed E-state index contributed by atoms with van der Waals surface area (Å²) in [6, 6.07) is 11.1. The van der Waals surface area contributed by atoms with E-state index in [0.29, 0.717) is 12.1 Å². The molecule has 4 rings (SSSR count). The molecule has 23 heavy (non-hydrogen) atoms. The maximum Gasteiger partial charge on any atom is 0.160 e. The van der Waals surface area contributed by atoms with Crippen molar-refractivity contribution in [1.82, 2.24) is 19.4 Å². The second-order valence-electron chi connectivity index (χ2n) is 6.13. The number of benzene rings is 1. The topological polar surface area (TPSA) is 34.0 Å². The first kappa shape index (κ1) is 14.3. The lowest BCUT2D eigenvalue weighted by molar-refractivity contribution is 0.300. The van der Waals surface area contributed by atoms with Crippen molar-refractivity contribution in [2.75, 3.05) is 13.6 Å². The molecule has 1 aliphatic heterocycles. The highest BCUT2D eigenvalue weighted by Crippen LogP contribution is 2.32. The minimum absolute atomic E-state index is 0.184. The fourth-order valence-corrected chi connectivity index (χ4v) is 3.42. The van der Waals surface area contributed by atoms with E-state index in [4.69, 9.17) is 4.98 Å². The van der Waals surface area contributed by atoms with Gasteiger partial charge in [0.1, 0.15) is 17.2 Å². The van der Waals surface area contributed by atoms with Crippen molar-refractivity contribution in [3.63, 3.8) is 0 Å². The number of aromatic nitrogens is 3. The van der Waals surface area contributed by atoms with Crippen molar-refractivity contribution < 1.29 is 4.39 Å². The Balaban J connectivity index is 1.84. The van der Waals surface area contributed by atoms with Crippen LogP contribution >= 0.6 is 0 Å². The van der Waals surface area contributed by atoms with Crippen LogP contribution in [-0.4, -0.2) is 33.0 Å². The van der Waals surface area contributed by atoms with Crippen LogP contribution in [0.5, 0.6) is 0 Å². The average Bonchev–Trinajstić information content (AvgIpc) is 3.13. The van der Waals surface area contributed by atoms with Gasteiger partial charge in [-0.1, -0.05) is 18.2 Å². The summed E-state index contributed by atoms with van der Waals surface area (Å²) in [6.45, 7) is 1.53. The van der Waals surface area contributed by atoms with E-state index in [-0.39, 0.29) is 11.9 Å². The lowest BCUT2D eigenvalue weighted by Crippen LogP contribution is -2.21. The Morgan fingerprint density at radius 1 is 1.22 bits per heavy atom. The largest absolute Gasteiger partial charge is 0.307 e. The lowest BCUT2D eigenvalue weighted by atomic mass is 10.2. The van der Waals surface area contributed by atoms with E-state index in [1.165, 1.54) is 6.07 Å². The Labute approximate surface area is 134 Å². The van der Waals surface area contributed by atoms with Crippen LogP contribution < -0.4 is 0 Å². The molecular formula is C18H19FN4. The molecule has 0 amide bonds. The summed E-state index contributed by atoms with van der Waals surface area (Å²) in [5, 5.41) is 0. The third-order valence-electron chi connectivity index (χ3n) is 4.64. The first-order valence-corrected chi connectivity index (χ1v) is 7.99. The normalized spacial score (nSPS) is 18.8. The van der Waals surface area contributed by atoms with Gasteiger partial charge in [-0.3, -0.25) is 4.90 Å². The summed E-state index contributed by atoms with van der Waals surface area (Å²) in [5.74, 6) is 0.804. The maximum atomic E-state index is 14.1. The maximum absolute atomic E-state index is 14.1. The molecule has 5 heteroatoms. The molecule has 1 aliphatic rings. The number of likely N-dealkylation sites (tertiary alicyclic amines) is 1. The summed E-state index contributed by atoms with van der Waals surface area (Å²) >= 11 is 0. The third-order valence-corrected chi connectivity index (χ3v) is 4.64. The summed E-state index contributed by atoms with van der Waals surface area (Å²) in [6.07, 6.45) is 4.01. The molecule has 1 aromatic carbocycles. The molecule has 2 aromatic heterocycles. The van der Waals surface area contributed by atoms with Gasteiger partial charge >= 0.3 is 0 Å². The standard InChI is InChI=1S/C18H19FN4/c1-22-11-5-9-16(22)18-21-15-8-4-10-20-17(15)23(18)12-13-6-2-3-7-14(13)19/h2-4,6-8,10,16H,5,9,11-12H2,1H3. The number of hydrogen-bond donors (Lipinski definition) is 0. The van der Waals surface area contributed by atoms with Gasteiger partial charge in [0.2, 0.25) is 0 Å². The predicted octanol–water partition coefficient (Wildman–Crippen LogP) is 3.39. The Morgan fingerprint density at radius 3 is 2.87 bits per heavy atom. The van der Waals surface area contributed by atoms with Crippen molar-refractivity contribution in [3.05, 3.63) is 59.8 Å². The van der Waals surface area contributed by atoms with Gasteiger partial charge in [0.15, 0.2) is 5.65 Å².